The van der Waals surface area contributed by atoms with E-state index in [2.05, 4.69) is 15.9 Å². The first-order chi connectivity index (χ1) is 8.56. The van der Waals surface area contributed by atoms with Crippen LogP contribution < -0.4 is 4.74 Å². The molecule has 18 heavy (non-hydrogen) atoms. The van der Waals surface area contributed by atoms with E-state index in [1.165, 1.54) is 17.4 Å². The third-order valence-electron chi connectivity index (χ3n) is 2.17. The number of carboxylic acid groups (broad SMARTS) is 1. The molecule has 0 unspecified atom stereocenters. The molecule has 0 aliphatic carbocycles. The maximum absolute atomic E-state index is 11.0. The molecule has 0 amide bonds. The minimum atomic E-state index is -1.01. The van der Waals surface area contributed by atoms with Crippen LogP contribution in [0.15, 0.2) is 34.8 Å². The second-order valence-electron chi connectivity index (χ2n) is 3.44. The van der Waals surface area contributed by atoms with Crippen molar-refractivity contribution in [1.29, 1.82) is 0 Å². The first-order valence-corrected chi connectivity index (χ1v) is 6.95. The molecule has 1 heterocycles. The average Bonchev–Trinajstić information content (AvgIpc) is 2.72. The number of aromatic carboxylic acids is 1. The number of benzene rings is 1. The van der Waals surface area contributed by atoms with Crippen molar-refractivity contribution >= 4 is 44.8 Å². The monoisotopic (exact) mass is 346 g/mol. The largest absolute Gasteiger partial charge is 0.487 e. The van der Waals surface area contributed by atoms with Crippen molar-refractivity contribution in [2.45, 2.75) is 6.61 Å². The maximum atomic E-state index is 11.0. The highest BCUT2D eigenvalue weighted by Crippen LogP contribution is 2.27. The molecule has 1 N–H and O–H groups in total. The van der Waals surface area contributed by atoms with E-state index in [9.17, 15) is 4.79 Å². The molecule has 6 heteroatoms. The fourth-order valence-corrected chi connectivity index (χ4v) is 2.71. The van der Waals surface area contributed by atoms with Gasteiger partial charge in [0.15, 0.2) is 0 Å². The molecule has 0 radical (unpaired) electrons. The van der Waals surface area contributed by atoms with E-state index in [-0.39, 0.29) is 5.56 Å². The van der Waals surface area contributed by atoms with Crippen molar-refractivity contribution in [3.8, 4) is 5.75 Å². The first-order valence-electron chi connectivity index (χ1n) is 4.96. The normalized spacial score (nSPS) is 10.3. The number of ether oxygens (including phenoxy) is 1. The molecule has 0 aliphatic heterocycles. The van der Waals surface area contributed by atoms with Gasteiger partial charge in [-0.2, -0.15) is 0 Å². The molecule has 1 aromatic heterocycles. The summed E-state index contributed by atoms with van der Waals surface area (Å²) in [6.45, 7) is 0.300. The van der Waals surface area contributed by atoms with Crippen molar-refractivity contribution in [3.63, 3.8) is 0 Å². The van der Waals surface area contributed by atoms with Gasteiger partial charge in [0.2, 0.25) is 0 Å². The molecular weight excluding hydrogens is 340 g/mol. The van der Waals surface area contributed by atoms with Crippen LogP contribution in [-0.4, -0.2) is 11.1 Å². The molecule has 94 valence electrons. The fraction of sp³-hybridized carbons (Fsp3) is 0.0833. The topological polar surface area (TPSA) is 46.5 Å². The smallest absolute Gasteiger partial charge is 0.339 e. The number of thiophene rings is 1. The van der Waals surface area contributed by atoms with Crippen molar-refractivity contribution in [1.82, 2.24) is 0 Å². The lowest BCUT2D eigenvalue weighted by Crippen LogP contribution is -2.02. The second-order valence-corrected chi connectivity index (χ2v) is 6.16. The van der Waals surface area contributed by atoms with E-state index in [0.717, 1.165) is 9.35 Å². The summed E-state index contributed by atoms with van der Waals surface area (Å²) in [6, 6.07) is 8.44. The van der Waals surface area contributed by atoms with Gasteiger partial charge < -0.3 is 9.84 Å². The minimum absolute atomic E-state index is 0.140. The van der Waals surface area contributed by atoms with Gasteiger partial charge in [-0.25, -0.2) is 4.79 Å². The van der Waals surface area contributed by atoms with Gasteiger partial charge in [-0.3, -0.25) is 0 Å². The third kappa shape index (κ3) is 3.25. The molecule has 0 atom stereocenters. The highest BCUT2D eigenvalue weighted by atomic mass is 79.9. The molecule has 0 fully saturated rings. The Kier molecular flexibility index (Phi) is 4.27. The molecule has 0 saturated carbocycles. The number of carbonyl (C=O) groups is 1. The summed E-state index contributed by atoms with van der Waals surface area (Å²) in [4.78, 5) is 12.0. The Bertz CT molecular complexity index is 582. The SMILES string of the molecule is O=C(O)c1ccc(Br)cc1OCc1ccc(Cl)s1. The number of hydrogen-bond donors (Lipinski definition) is 1. The summed E-state index contributed by atoms with van der Waals surface area (Å²) in [5, 5.41) is 9.04. The van der Waals surface area contributed by atoms with Gasteiger partial charge >= 0.3 is 5.97 Å². The van der Waals surface area contributed by atoms with Gasteiger partial charge in [0.1, 0.15) is 17.9 Å². The summed E-state index contributed by atoms with van der Waals surface area (Å²) in [5.41, 5.74) is 0.140. The third-order valence-corrected chi connectivity index (χ3v) is 3.87. The van der Waals surface area contributed by atoms with Crippen LogP contribution in [0, 0.1) is 0 Å². The molecule has 2 rings (SSSR count). The van der Waals surface area contributed by atoms with E-state index >= 15 is 0 Å². The summed E-state index contributed by atoms with van der Waals surface area (Å²) in [6.07, 6.45) is 0. The average molecular weight is 348 g/mol. The van der Waals surface area contributed by atoms with E-state index in [0.29, 0.717) is 16.7 Å². The zero-order chi connectivity index (χ0) is 13.1. The summed E-state index contributed by atoms with van der Waals surface area (Å²) in [5.74, 6) is -0.678. The summed E-state index contributed by atoms with van der Waals surface area (Å²) < 4.78 is 6.97. The quantitative estimate of drug-likeness (QED) is 0.889. The van der Waals surface area contributed by atoms with Crippen LogP contribution in [0.1, 0.15) is 15.2 Å². The molecule has 3 nitrogen and oxygen atoms in total. The van der Waals surface area contributed by atoms with Gasteiger partial charge in [0.05, 0.1) is 4.34 Å². The lowest BCUT2D eigenvalue weighted by atomic mass is 10.2. The predicted molar refractivity (Wildman–Crippen MR) is 74.8 cm³/mol. The highest BCUT2D eigenvalue weighted by molar-refractivity contribution is 9.10. The molecular formula is C12H8BrClO3S. The van der Waals surface area contributed by atoms with E-state index < -0.39 is 5.97 Å². The van der Waals surface area contributed by atoms with Crippen LogP contribution in [-0.2, 0) is 6.61 Å². The lowest BCUT2D eigenvalue weighted by Gasteiger charge is -2.08. The minimum Gasteiger partial charge on any atom is -0.487 e. The van der Waals surface area contributed by atoms with Crippen molar-refractivity contribution in [3.05, 3.63) is 49.6 Å². The van der Waals surface area contributed by atoms with E-state index in [4.69, 9.17) is 21.4 Å². The van der Waals surface area contributed by atoms with E-state index in [1.54, 1.807) is 18.2 Å². The second kappa shape index (κ2) is 5.73. The van der Waals surface area contributed by atoms with Crippen molar-refractivity contribution in [2.24, 2.45) is 0 Å². The Morgan fingerprint density at radius 3 is 2.78 bits per heavy atom. The number of rotatable bonds is 4. The standard InChI is InChI=1S/C12H8BrClO3S/c13-7-1-3-9(12(15)16)10(5-7)17-6-8-2-4-11(14)18-8/h1-5H,6H2,(H,15,16). The van der Waals surface area contributed by atoms with Crippen LogP contribution in [0.25, 0.3) is 0 Å². The van der Waals surface area contributed by atoms with Crippen LogP contribution in [0.3, 0.4) is 0 Å². The van der Waals surface area contributed by atoms with Crippen molar-refractivity contribution in [2.75, 3.05) is 0 Å². The van der Waals surface area contributed by atoms with Crippen molar-refractivity contribution < 1.29 is 14.6 Å². The number of halogens is 2. The Labute approximate surface area is 121 Å². The summed E-state index contributed by atoms with van der Waals surface area (Å²) in [7, 11) is 0. The van der Waals surface area contributed by atoms with Crippen LogP contribution in [0.5, 0.6) is 5.75 Å². The Hall–Kier alpha value is -1.04. The number of hydrogen-bond acceptors (Lipinski definition) is 3. The molecule has 1 aromatic carbocycles. The lowest BCUT2D eigenvalue weighted by molar-refractivity contribution is 0.0692. The fourth-order valence-electron chi connectivity index (χ4n) is 1.37. The first kappa shape index (κ1) is 13.4. The predicted octanol–water partition coefficient (Wildman–Crippen LogP) is 4.44. The van der Waals surface area contributed by atoms with Gasteiger partial charge in [0.25, 0.3) is 0 Å². The zero-order valence-electron chi connectivity index (χ0n) is 9.02. The zero-order valence-corrected chi connectivity index (χ0v) is 12.2. The molecule has 0 saturated heterocycles. The van der Waals surface area contributed by atoms with Crippen LogP contribution in [0.2, 0.25) is 4.34 Å². The molecule has 0 aliphatic rings. The maximum Gasteiger partial charge on any atom is 0.339 e. The highest BCUT2D eigenvalue weighted by Gasteiger charge is 2.12. The Morgan fingerprint density at radius 1 is 1.39 bits per heavy atom. The molecule has 0 bridgehead atoms. The molecule has 2 aromatic rings. The van der Waals surface area contributed by atoms with Gasteiger partial charge in [0, 0.05) is 9.35 Å². The van der Waals surface area contributed by atoms with Crippen LogP contribution >= 0.6 is 38.9 Å². The van der Waals surface area contributed by atoms with E-state index in [1.807, 2.05) is 6.07 Å². The van der Waals surface area contributed by atoms with Gasteiger partial charge in [-0.15, -0.1) is 11.3 Å². The Balaban J connectivity index is 2.17. The van der Waals surface area contributed by atoms with Crippen LogP contribution in [0.4, 0.5) is 0 Å². The number of carboxylic acids is 1. The van der Waals surface area contributed by atoms with Gasteiger partial charge in [-0.05, 0) is 30.3 Å². The van der Waals surface area contributed by atoms with Gasteiger partial charge in [-0.1, -0.05) is 27.5 Å². The summed E-state index contributed by atoms with van der Waals surface area (Å²) >= 11 is 10.5. The molecule has 0 spiro atoms. The Morgan fingerprint density at radius 2 is 2.17 bits per heavy atom.